The molecular formula is C16H12ClN3S. The molecule has 0 aliphatic heterocycles. The molecule has 3 aromatic rings. The average Bonchev–Trinajstić information content (AvgIpc) is 2.50. The van der Waals surface area contributed by atoms with Crippen molar-refractivity contribution in [2.45, 2.75) is 0 Å². The minimum atomic E-state index is 0.133. The zero-order valence-corrected chi connectivity index (χ0v) is 12.6. The van der Waals surface area contributed by atoms with Gasteiger partial charge in [-0.05, 0) is 23.0 Å². The Morgan fingerprint density at radius 2 is 1.48 bits per heavy atom. The van der Waals surface area contributed by atoms with Crippen LogP contribution in [0.2, 0.25) is 5.02 Å². The summed E-state index contributed by atoms with van der Waals surface area (Å²) in [5, 5.41) is 9.03. The third-order valence-electron chi connectivity index (χ3n) is 3.28. The summed E-state index contributed by atoms with van der Waals surface area (Å²) in [6.45, 7) is 0. The minimum Gasteiger partial charge on any atom is -0.375 e. The maximum atomic E-state index is 6.53. The Balaban J connectivity index is 2.34. The van der Waals surface area contributed by atoms with Crippen LogP contribution in [0.4, 0.5) is 0 Å². The lowest BCUT2D eigenvalue weighted by Gasteiger charge is -2.10. The van der Waals surface area contributed by atoms with Crippen molar-refractivity contribution in [1.29, 1.82) is 0 Å². The lowest BCUT2D eigenvalue weighted by molar-refractivity contribution is 1.04. The van der Waals surface area contributed by atoms with Crippen molar-refractivity contribution in [3.8, 4) is 0 Å². The van der Waals surface area contributed by atoms with Crippen LogP contribution in [-0.4, -0.2) is 11.3 Å². The van der Waals surface area contributed by atoms with E-state index in [4.69, 9.17) is 29.6 Å². The fraction of sp³-hybridized carbons (Fsp3) is 0. The van der Waals surface area contributed by atoms with Gasteiger partial charge in [-0.3, -0.25) is 5.43 Å². The number of halogens is 1. The molecule has 3 aromatic carbocycles. The molecule has 104 valence electrons. The number of nitrogens with one attached hydrogen (secondary N) is 1. The van der Waals surface area contributed by atoms with Gasteiger partial charge in [0.05, 0.1) is 11.2 Å². The first-order valence-corrected chi connectivity index (χ1v) is 7.14. The molecule has 0 unspecified atom stereocenters. The van der Waals surface area contributed by atoms with Crippen LogP contribution in [0, 0.1) is 0 Å². The predicted octanol–water partition coefficient (Wildman–Crippen LogP) is 3.81. The highest BCUT2D eigenvalue weighted by Gasteiger charge is 2.10. The lowest BCUT2D eigenvalue weighted by atomic mass is 9.97. The number of nitrogens with two attached hydrogens (primary N) is 1. The van der Waals surface area contributed by atoms with E-state index in [0.29, 0.717) is 0 Å². The van der Waals surface area contributed by atoms with Crippen molar-refractivity contribution in [2.75, 3.05) is 0 Å². The lowest BCUT2D eigenvalue weighted by Crippen LogP contribution is -2.24. The van der Waals surface area contributed by atoms with Gasteiger partial charge in [-0.25, -0.2) is 0 Å². The molecule has 0 aliphatic rings. The summed E-state index contributed by atoms with van der Waals surface area (Å²) in [4.78, 5) is 0. The summed E-state index contributed by atoms with van der Waals surface area (Å²) in [7, 11) is 0. The molecule has 0 saturated heterocycles. The zero-order valence-electron chi connectivity index (χ0n) is 11.0. The molecule has 0 atom stereocenters. The Morgan fingerprint density at radius 3 is 1.95 bits per heavy atom. The highest BCUT2D eigenvalue weighted by atomic mass is 35.5. The number of benzene rings is 3. The first-order valence-electron chi connectivity index (χ1n) is 6.36. The molecule has 0 saturated carbocycles. The summed E-state index contributed by atoms with van der Waals surface area (Å²) >= 11 is 11.3. The Labute approximate surface area is 132 Å². The van der Waals surface area contributed by atoms with Crippen molar-refractivity contribution in [3.63, 3.8) is 0 Å². The van der Waals surface area contributed by atoms with Crippen LogP contribution < -0.4 is 11.2 Å². The molecule has 0 heterocycles. The van der Waals surface area contributed by atoms with Crippen LogP contribution in [0.15, 0.2) is 53.6 Å². The first-order chi connectivity index (χ1) is 10.2. The second kappa shape index (κ2) is 5.68. The summed E-state index contributed by atoms with van der Waals surface area (Å²) in [6, 6.07) is 15.9. The molecule has 5 heteroatoms. The maximum Gasteiger partial charge on any atom is 0.184 e. The van der Waals surface area contributed by atoms with E-state index in [-0.39, 0.29) is 5.11 Å². The number of hydrogen-bond acceptors (Lipinski definition) is 2. The van der Waals surface area contributed by atoms with Gasteiger partial charge in [0, 0.05) is 16.3 Å². The normalized spacial score (nSPS) is 11.3. The fourth-order valence-electron chi connectivity index (χ4n) is 2.41. The van der Waals surface area contributed by atoms with Crippen molar-refractivity contribution >= 4 is 56.7 Å². The topological polar surface area (TPSA) is 50.4 Å². The van der Waals surface area contributed by atoms with Crippen LogP contribution in [0.5, 0.6) is 0 Å². The van der Waals surface area contributed by atoms with Gasteiger partial charge in [0.1, 0.15) is 0 Å². The number of thiocarbonyl (C=S) groups is 1. The molecule has 3 rings (SSSR count). The smallest absolute Gasteiger partial charge is 0.184 e. The maximum absolute atomic E-state index is 6.53. The highest BCUT2D eigenvalue weighted by Crippen LogP contribution is 2.35. The second-order valence-electron chi connectivity index (χ2n) is 4.55. The van der Waals surface area contributed by atoms with E-state index < -0.39 is 0 Å². The number of hydrazone groups is 1. The van der Waals surface area contributed by atoms with Crippen LogP contribution in [0.1, 0.15) is 5.56 Å². The van der Waals surface area contributed by atoms with E-state index in [0.717, 1.165) is 32.1 Å². The second-order valence-corrected chi connectivity index (χ2v) is 5.37. The Kier molecular flexibility index (Phi) is 3.73. The number of hydrogen-bond donors (Lipinski definition) is 2. The minimum absolute atomic E-state index is 0.133. The molecule has 3 nitrogen and oxygen atoms in total. The van der Waals surface area contributed by atoms with Crippen LogP contribution in [0.25, 0.3) is 21.5 Å². The average molecular weight is 314 g/mol. The molecule has 0 aliphatic carbocycles. The molecule has 0 spiro atoms. The Morgan fingerprint density at radius 1 is 1.00 bits per heavy atom. The van der Waals surface area contributed by atoms with E-state index >= 15 is 0 Å². The van der Waals surface area contributed by atoms with Gasteiger partial charge in [-0.15, -0.1) is 0 Å². The van der Waals surface area contributed by atoms with Gasteiger partial charge < -0.3 is 5.73 Å². The Bertz CT molecular complexity index is 817. The van der Waals surface area contributed by atoms with Crippen molar-refractivity contribution in [1.82, 2.24) is 5.43 Å². The molecule has 0 amide bonds. The van der Waals surface area contributed by atoms with Gasteiger partial charge in [0.25, 0.3) is 0 Å². The highest BCUT2D eigenvalue weighted by molar-refractivity contribution is 7.80. The van der Waals surface area contributed by atoms with E-state index in [1.807, 2.05) is 48.5 Å². The number of nitrogens with zero attached hydrogens (tertiary/aromatic N) is 1. The van der Waals surface area contributed by atoms with Gasteiger partial charge in [0.15, 0.2) is 5.11 Å². The molecule has 0 radical (unpaired) electrons. The largest absolute Gasteiger partial charge is 0.375 e. The number of rotatable bonds is 2. The zero-order chi connectivity index (χ0) is 14.8. The molecular weight excluding hydrogens is 302 g/mol. The molecule has 0 aromatic heterocycles. The number of fused-ring (bicyclic) bond motifs is 2. The van der Waals surface area contributed by atoms with E-state index in [1.165, 1.54) is 0 Å². The van der Waals surface area contributed by atoms with Gasteiger partial charge in [-0.2, -0.15) is 5.10 Å². The van der Waals surface area contributed by atoms with E-state index in [1.54, 1.807) is 6.21 Å². The van der Waals surface area contributed by atoms with Crippen LogP contribution in [-0.2, 0) is 0 Å². The SMILES string of the molecule is NC(=S)NN=Cc1c2ccccc2c(Cl)c2ccccc12. The molecule has 21 heavy (non-hydrogen) atoms. The first kappa shape index (κ1) is 13.8. The van der Waals surface area contributed by atoms with Crippen molar-refractivity contribution < 1.29 is 0 Å². The van der Waals surface area contributed by atoms with Gasteiger partial charge >= 0.3 is 0 Å². The van der Waals surface area contributed by atoms with Crippen molar-refractivity contribution in [3.05, 3.63) is 59.1 Å². The van der Waals surface area contributed by atoms with Gasteiger partial charge in [-0.1, -0.05) is 60.1 Å². The van der Waals surface area contributed by atoms with E-state index in [2.05, 4.69) is 10.5 Å². The third kappa shape index (κ3) is 2.55. The monoisotopic (exact) mass is 313 g/mol. The summed E-state index contributed by atoms with van der Waals surface area (Å²) < 4.78 is 0. The predicted molar refractivity (Wildman–Crippen MR) is 94.0 cm³/mol. The molecule has 3 N–H and O–H groups in total. The third-order valence-corrected chi connectivity index (χ3v) is 3.77. The summed E-state index contributed by atoms with van der Waals surface area (Å²) in [5.41, 5.74) is 8.96. The quantitative estimate of drug-likeness (QED) is 0.327. The standard InChI is InChI=1S/C16H12ClN3S/c17-15-12-7-3-1-5-10(12)14(9-19-20-16(18)21)11-6-2-4-8-13(11)15/h1-9H,(H3,18,20,21). The molecule has 0 bridgehead atoms. The Hall–Kier alpha value is -2.17. The van der Waals surface area contributed by atoms with Crippen LogP contribution >= 0.6 is 23.8 Å². The van der Waals surface area contributed by atoms with Gasteiger partial charge in [0.2, 0.25) is 0 Å². The summed E-state index contributed by atoms with van der Waals surface area (Å²) in [6.07, 6.45) is 1.72. The van der Waals surface area contributed by atoms with E-state index in [9.17, 15) is 0 Å². The van der Waals surface area contributed by atoms with Crippen molar-refractivity contribution in [2.24, 2.45) is 10.8 Å². The fourth-order valence-corrected chi connectivity index (χ4v) is 2.79. The summed E-state index contributed by atoms with van der Waals surface area (Å²) in [5.74, 6) is 0. The van der Waals surface area contributed by atoms with Crippen LogP contribution in [0.3, 0.4) is 0 Å². The molecule has 0 fully saturated rings.